The SMILES string of the molecule is COc1ccc(OC)c(NC(=O)CN2CCC[C@H]2c2ccc3c(c2)OCCO3)c1. The Kier molecular flexibility index (Phi) is 5.76. The first-order chi connectivity index (χ1) is 14.2. The van der Waals surface area contributed by atoms with Crippen LogP contribution in [-0.4, -0.2) is 51.3 Å². The van der Waals surface area contributed by atoms with Crippen LogP contribution in [0.1, 0.15) is 24.4 Å². The molecule has 1 fully saturated rings. The molecule has 1 atom stereocenters. The second-order valence-electron chi connectivity index (χ2n) is 7.15. The van der Waals surface area contributed by atoms with E-state index in [9.17, 15) is 4.79 Å². The van der Waals surface area contributed by atoms with Crippen LogP contribution in [0.4, 0.5) is 5.69 Å². The van der Waals surface area contributed by atoms with Crippen molar-refractivity contribution in [3.63, 3.8) is 0 Å². The average Bonchev–Trinajstić information content (AvgIpc) is 3.21. The zero-order valence-corrected chi connectivity index (χ0v) is 16.8. The maximum atomic E-state index is 12.8. The normalized spacial score (nSPS) is 18.3. The Bertz CT molecular complexity index is 886. The molecule has 2 aromatic carbocycles. The molecule has 29 heavy (non-hydrogen) atoms. The molecule has 0 spiro atoms. The van der Waals surface area contributed by atoms with Gasteiger partial charge < -0.3 is 24.3 Å². The fourth-order valence-electron chi connectivity index (χ4n) is 3.95. The number of rotatable bonds is 6. The Labute approximate surface area is 170 Å². The van der Waals surface area contributed by atoms with Crippen LogP contribution in [0.3, 0.4) is 0 Å². The molecule has 2 aliphatic rings. The second-order valence-corrected chi connectivity index (χ2v) is 7.15. The molecule has 0 saturated carbocycles. The van der Waals surface area contributed by atoms with Gasteiger partial charge in [0.15, 0.2) is 11.5 Å². The molecule has 0 aromatic heterocycles. The first kappa shape index (κ1) is 19.4. The first-order valence-corrected chi connectivity index (χ1v) is 9.83. The lowest BCUT2D eigenvalue weighted by molar-refractivity contribution is -0.117. The number of likely N-dealkylation sites (tertiary alicyclic amines) is 1. The number of carbonyl (C=O) groups is 1. The van der Waals surface area contributed by atoms with Crippen molar-refractivity contribution in [2.45, 2.75) is 18.9 Å². The molecule has 4 rings (SSSR count). The molecule has 1 amide bonds. The van der Waals surface area contributed by atoms with E-state index in [0.29, 0.717) is 36.9 Å². The fourth-order valence-corrected chi connectivity index (χ4v) is 3.95. The monoisotopic (exact) mass is 398 g/mol. The summed E-state index contributed by atoms with van der Waals surface area (Å²) in [5.74, 6) is 2.75. The Hall–Kier alpha value is -2.93. The molecule has 0 radical (unpaired) electrons. The van der Waals surface area contributed by atoms with Gasteiger partial charge in [-0.25, -0.2) is 0 Å². The van der Waals surface area contributed by atoms with Gasteiger partial charge in [-0.1, -0.05) is 6.07 Å². The van der Waals surface area contributed by atoms with Crippen LogP contribution in [0.2, 0.25) is 0 Å². The summed E-state index contributed by atoms with van der Waals surface area (Å²) in [6.07, 6.45) is 2.06. The smallest absolute Gasteiger partial charge is 0.238 e. The number of benzene rings is 2. The maximum Gasteiger partial charge on any atom is 0.238 e. The molecule has 1 N–H and O–H groups in total. The number of nitrogens with one attached hydrogen (secondary N) is 1. The highest BCUT2D eigenvalue weighted by Crippen LogP contribution is 2.38. The Balaban J connectivity index is 1.45. The number of fused-ring (bicyclic) bond motifs is 1. The largest absolute Gasteiger partial charge is 0.497 e. The van der Waals surface area contributed by atoms with Crippen LogP contribution < -0.4 is 24.3 Å². The number of carbonyl (C=O) groups excluding carboxylic acids is 1. The average molecular weight is 398 g/mol. The van der Waals surface area contributed by atoms with Gasteiger partial charge >= 0.3 is 0 Å². The first-order valence-electron chi connectivity index (χ1n) is 9.83. The number of anilines is 1. The highest BCUT2D eigenvalue weighted by atomic mass is 16.6. The van der Waals surface area contributed by atoms with E-state index in [1.165, 1.54) is 0 Å². The lowest BCUT2D eigenvalue weighted by Crippen LogP contribution is -2.33. The third-order valence-electron chi connectivity index (χ3n) is 5.34. The second kappa shape index (κ2) is 8.61. The summed E-state index contributed by atoms with van der Waals surface area (Å²) in [5, 5.41) is 2.95. The molecule has 154 valence electrons. The lowest BCUT2D eigenvalue weighted by Gasteiger charge is -2.26. The maximum absolute atomic E-state index is 12.8. The van der Waals surface area contributed by atoms with Gasteiger partial charge in [0.2, 0.25) is 5.91 Å². The van der Waals surface area contributed by atoms with E-state index in [4.69, 9.17) is 18.9 Å². The topological polar surface area (TPSA) is 69.3 Å². The molecule has 7 nitrogen and oxygen atoms in total. The van der Waals surface area contributed by atoms with Crippen LogP contribution in [-0.2, 0) is 4.79 Å². The number of amides is 1. The van der Waals surface area contributed by atoms with Gasteiger partial charge in [0.1, 0.15) is 24.7 Å². The van der Waals surface area contributed by atoms with E-state index >= 15 is 0 Å². The number of hydrogen-bond donors (Lipinski definition) is 1. The molecule has 0 bridgehead atoms. The summed E-state index contributed by atoms with van der Waals surface area (Å²) in [5.41, 5.74) is 1.76. The van der Waals surface area contributed by atoms with Gasteiger partial charge in [-0.2, -0.15) is 0 Å². The third-order valence-corrected chi connectivity index (χ3v) is 5.34. The van der Waals surface area contributed by atoms with E-state index in [-0.39, 0.29) is 11.9 Å². The standard InChI is InChI=1S/C22H26N2O5/c1-26-16-6-8-19(27-2)17(13-16)23-22(25)14-24-9-3-4-18(24)15-5-7-20-21(12-15)29-11-10-28-20/h5-8,12-13,18H,3-4,9-11,14H2,1-2H3,(H,23,25)/t18-/m0/s1. The zero-order chi connectivity index (χ0) is 20.2. The van der Waals surface area contributed by atoms with Crippen molar-refractivity contribution in [2.75, 3.05) is 45.8 Å². The highest BCUT2D eigenvalue weighted by molar-refractivity contribution is 5.94. The van der Waals surface area contributed by atoms with E-state index in [2.05, 4.69) is 16.3 Å². The molecular formula is C22H26N2O5. The molecule has 7 heteroatoms. The summed E-state index contributed by atoms with van der Waals surface area (Å²) in [6, 6.07) is 11.6. The summed E-state index contributed by atoms with van der Waals surface area (Å²) >= 11 is 0. The van der Waals surface area contributed by atoms with Crippen molar-refractivity contribution in [3.8, 4) is 23.0 Å². The van der Waals surface area contributed by atoms with Crippen molar-refractivity contribution in [2.24, 2.45) is 0 Å². The van der Waals surface area contributed by atoms with Gasteiger partial charge in [-0.05, 0) is 49.2 Å². The van der Waals surface area contributed by atoms with Crippen molar-refractivity contribution >= 4 is 11.6 Å². The Morgan fingerprint density at radius 3 is 2.72 bits per heavy atom. The summed E-state index contributed by atoms with van der Waals surface area (Å²) in [6.45, 7) is 2.33. The predicted octanol–water partition coefficient (Wildman–Crippen LogP) is 3.25. The van der Waals surface area contributed by atoms with Crippen molar-refractivity contribution in [1.29, 1.82) is 0 Å². The summed E-state index contributed by atoms with van der Waals surface area (Å²) in [4.78, 5) is 15.0. The van der Waals surface area contributed by atoms with Crippen molar-refractivity contribution < 1.29 is 23.7 Å². The fraction of sp³-hybridized carbons (Fsp3) is 0.409. The van der Waals surface area contributed by atoms with Crippen LogP contribution in [0.5, 0.6) is 23.0 Å². The Morgan fingerprint density at radius 1 is 1.10 bits per heavy atom. The minimum Gasteiger partial charge on any atom is -0.497 e. The molecule has 2 aliphatic heterocycles. The minimum absolute atomic E-state index is 0.0824. The number of hydrogen-bond acceptors (Lipinski definition) is 6. The summed E-state index contributed by atoms with van der Waals surface area (Å²) < 4.78 is 21.9. The molecule has 0 unspecified atom stereocenters. The molecule has 2 heterocycles. The van der Waals surface area contributed by atoms with Gasteiger partial charge in [0, 0.05) is 12.1 Å². The van der Waals surface area contributed by atoms with Crippen LogP contribution in [0.25, 0.3) is 0 Å². The van der Waals surface area contributed by atoms with Crippen molar-refractivity contribution in [3.05, 3.63) is 42.0 Å². The third kappa shape index (κ3) is 4.24. The van der Waals surface area contributed by atoms with E-state index in [1.807, 2.05) is 12.1 Å². The van der Waals surface area contributed by atoms with E-state index in [1.54, 1.807) is 32.4 Å². The highest BCUT2D eigenvalue weighted by Gasteiger charge is 2.29. The summed E-state index contributed by atoms with van der Waals surface area (Å²) in [7, 11) is 3.17. The van der Waals surface area contributed by atoms with Crippen LogP contribution in [0, 0.1) is 0 Å². The van der Waals surface area contributed by atoms with Gasteiger partial charge in [0.25, 0.3) is 0 Å². The van der Waals surface area contributed by atoms with Crippen molar-refractivity contribution in [1.82, 2.24) is 4.90 Å². The van der Waals surface area contributed by atoms with Gasteiger partial charge in [-0.3, -0.25) is 9.69 Å². The van der Waals surface area contributed by atoms with Gasteiger partial charge in [-0.15, -0.1) is 0 Å². The molecular weight excluding hydrogens is 372 g/mol. The quantitative estimate of drug-likeness (QED) is 0.806. The van der Waals surface area contributed by atoms with Crippen LogP contribution in [0.15, 0.2) is 36.4 Å². The number of ether oxygens (including phenoxy) is 4. The lowest BCUT2D eigenvalue weighted by atomic mass is 10.0. The number of methoxy groups -OCH3 is 2. The molecule has 0 aliphatic carbocycles. The minimum atomic E-state index is -0.0824. The van der Waals surface area contributed by atoms with Gasteiger partial charge in [0.05, 0.1) is 26.5 Å². The van der Waals surface area contributed by atoms with Crippen LogP contribution >= 0.6 is 0 Å². The number of nitrogens with zero attached hydrogens (tertiary/aromatic N) is 1. The van der Waals surface area contributed by atoms with E-state index in [0.717, 1.165) is 36.4 Å². The molecule has 2 aromatic rings. The van der Waals surface area contributed by atoms with E-state index < -0.39 is 0 Å². The predicted molar refractivity (Wildman–Crippen MR) is 109 cm³/mol. The molecule has 1 saturated heterocycles. The Morgan fingerprint density at radius 2 is 1.93 bits per heavy atom. The zero-order valence-electron chi connectivity index (χ0n) is 16.8.